The summed E-state index contributed by atoms with van der Waals surface area (Å²) < 4.78 is 31.8. The molecule has 0 aromatic carbocycles. The second kappa shape index (κ2) is 6.38. The first-order valence-corrected chi connectivity index (χ1v) is 8.82. The van der Waals surface area contributed by atoms with Gasteiger partial charge in [-0.15, -0.1) is 0 Å². The summed E-state index contributed by atoms with van der Waals surface area (Å²) in [5.74, 6) is 0.547. The lowest BCUT2D eigenvalue weighted by Gasteiger charge is -2.26. The van der Waals surface area contributed by atoms with Crippen LogP contribution < -0.4 is 15.4 Å². The lowest BCUT2D eigenvalue weighted by molar-refractivity contribution is -0.0149. The van der Waals surface area contributed by atoms with Crippen molar-refractivity contribution in [3.05, 3.63) is 12.0 Å². The average Bonchev–Trinajstić information content (AvgIpc) is 3.07. The van der Waals surface area contributed by atoms with Gasteiger partial charge in [-0.25, -0.2) is 15.1 Å². The number of anilines is 2. The molecule has 1 aromatic heterocycles. The van der Waals surface area contributed by atoms with Crippen molar-refractivity contribution in [2.24, 2.45) is 5.14 Å². The van der Waals surface area contributed by atoms with E-state index in [4.69, 9.17) is 9.88 Å². The quantitative estimate of drug-likeness (QED) is 0.457. The number of aryl methyl sites for hydroxylation is 1. The van der Waals surface area contributed by atoms with Gasteiger partial charge in [-0.3, -0.25) is 4.18 Å². The second-order valence-electron chi connectivity index (χ2n) is 5.50. The van der Waals surface area contributed by atoms with E-state index in [2.05, 4.69) is 19.5 Å². The van der Waals surface area contributed by atoms with Gasteiger partial charge >= 0.3 is 10.3 Å². The van der Waals surface area contributed by atoms with Gasteiger partial charge in [-0.1, -0.05) is 6.92 Å². The number of nitrogens with two attached hydrogens (primary N) is 1. The van der Waals surface area contributed by atoms with Gasteiger partial charge in [0.2, 0.25) is 0 Å². The molecule has 3 rings (SSSR count). The largest absolute Gasteiger partial charge is 0.387 e. The van der Waals surface area contributed by atoms with E-state index in [1.807, 2.05) is 6.92 Å². The number of rotatable bonds is 5. The van der Waals surface area contributed by atoms with E-state index in [1.54, 1.807) is 4.90 Å². The smallest absolute Gasteiger partial charge is 0.333 e. The Hall–Kier alpha value is -1.57. The van der Waals surface area contributed by atoms with Crippen molar-refractivity contribution < 1.29 is 27.6 Å². The SMILES string of the molecule is CCc1ncnc2c1NCN2[C@@H]1O[C@H](COS(N)(=O)=O)[C@@H](O)[C@H]1O. The zero-order valence-corrected chi connectivity index (χ0v) is 13.7. The van der Waals surface area contributed by atoms with Crippen LogP contribution in [0.2, 0.25) is 0 Å². The lowest BCUT2D eigenvalue weighted by atomic mass is 10.1. The minimum Gasteiger partial charge on any atom is -0.387 e. The van der Waals surface area contributed by atoms with Gasteiger partial charge in [0.1, 0.15) is 30.3 Å². The molecule has 12 heteroatoms. The van der Waals surface area contributed by atoms with Crippen LogP contribution in [-0.4, -0.2) is 66.4 Å². The molecule has 1 aromatic rings. The Labute approximate surface area is 138 Å². The summed E-state index contributed by atoms with van der Waals surface area (Å²) in [6.07, 6.45) is -2.44. The maximum atomic E-state index is 10.9. The third kappa shape index (κ3) is 3.16. The second-order valence-corrected chi connectivity index (χ2v) is 6.72. The molecule has 24 heavy (non-hydrogen) atoms. The summed E-state index contributed by atoms with van der Waals surface area (Å²) in [6, 6.07) is 0. The number of hydrogen-bond acceptors (Lipinski definition) is 10. The van der Waals surface area contributed by atoms with Gasteiger partial charge in [0.25, 0.3) is 0 Å². The Morgan fingerprint density at radius 1 is 1.46 bits per heavy atom. The van der Waals surface area contributed by atoms with E-state index in [1.165, 1.54) is 6.33 Å². The van der Waals surface area contributed by atoms with Crippen molar-refractivity contribution in [3.63, 3.8) is 0 Å². The summed E-state index contributed by atoms with van der Waals surface area (Å²) in [7, 11) is -4.17. The fourth-order valence-electron chi connectivity index (χ4n) is 2.81. The van der Waals surface area contributed by atoms with Gasteiger partial charge in [0.05, 0.1) is 19.0 Å². The highest BCUT2D eigenvalue weighted by atomic mass is 32.2. The first-order chi connectivity index (χ1) is 11.3. The number of hydrogen-bond donors (Lipinski definition) is 4. The highest BCUT2D eigenvalue weighted by molar-refractivity contribution is 7.84. The van der Waals surface area contributed by atoms with Crippen LogP contribution in [0, 0.1) is 0 Å². The maximum absolute atomic E-state index is 10.9. The molecule has 2 aliphatic heterocycles. The average molecular weight is 361 g/mol. The molecule has 0 saturated carbocycles. The van der Waals surface area contributed by atoms with Crippen LogP contribution in [0.15, 0.2) is 6.33 Å². The van der Waals surface area contributed by atoms with Crippen LogP contribution in [0.4, 0.5) is 11.5 Å². The fourth-order valence-corrected chi connectivity index (χ4v) is 3.14. The van der Waals surface area contributed by atoms with Gasteiger partial charge in [-0.2, -0.15) is 8.42 Å². The molecule has 0 radical (unpaired) electrons. The molecule has 134 valence electrons. The number of nitrogens with zero attached hydrogens (tertiary/aromatic N) is 3. The molecule has 0 unspecified atom stereocenters. The van der Waals surface area contributed by atoms with Gasteiger partial charge < -0.3 is 25.2 Å². The maximum Gasteiger partial charge on any atom is 0.333 e. The van der Waals surface area contributed by atoms with Crippen LogP contribution in [0.5, 0.6) is 0 Å². The summed E-state index contributed by atoms with van der Waals surface area (Å²) in [5.41, 5.74) is 1.57. The standard InChI is InChI=1S/C12H19N5O6S/c1-2-6-8-11(15-4-14-6)17(5-16-8)12-10(19)9(18)7(23-12)3-22-24(13,20)21/h4,7,9-10,12,16,18-19H,2-3,5H2,1H3,(H2,13,20,21)/t7-,9-,10-,12-/m1/s1. The Kier molecular flexibility index (Phi) is 4.59. The third-order valence-corrected chi connectivity index (χ3v) is 4.44. The highest BCUT2D eigenvalue weighted by Crippen LogP contribution is 2.36. The van der Waals surface area contributed by atoms with Gasteiger partial charge in [0, 0.05) is 0 Å². The summed E-state index contributed by atoms with van der Waals surface area (Å²) in [6.45, 7) is 1.77. The predicted molar refractivity (Wildman–Crippen MR) is 82.1 cm³/mol. The zero-order valence-electron chi connectivity index (χ0n) is 12.9. The summed E-state index contributed by atoms with van der Waals surface area (Å²) in [4.78, 5) is 10.0. The van der Waals surface area contributed by atoms with E-state index in [-0.39, 0.29) is 0 Å². The minimum absolute atomic E-state index is 0.304. The van der Waals surface area contributed by atoms with Crippen molar-refractivity contribution in [2.45, 2.75) is 37.9 Å². The van der Waals surface area contributed by atoms with Crippen molar-refractivity contribution in [3.8, 4) is 0 Å². The number of aromatic nitrogens is 2. The monoisotopic (exact) mass is 361 g/mol. The van der Waals surface area contributed by atoms with Crippen molar-refractivity contribution in [2.75, 3.05) is 23.5 Å². The molecule has 2 aliphatic rings. The molecule has 0 aliphatic carbocycles. The summed E-state index contributed by atoms with van der Waals surface area (Å²) in [5, 5.41) is 28.2. The van der Waals surface area contributed by atoms with E-state index >= 15 is 0 Å². The topological polar surface area (TPSA) is 160 Å². The Morgan fingerprint density at radius 2 is 2.21 bits per heavy atom. The van der Waals surface area contributed by atoms with E-state index in [0.717, 1.165) is 11.4 Å². The highest BCUT2D eigenvalue weighted by Gasteiger charge is 2.47. The first-order valence-electron chi connectivity index (χ1n) is 7.35. The molecular formula is C12H19N5O6S. The zero-order chi connectivity index (χ0) is 17.5. The van der Waals surface area contributed by atoms with Crippen LogP contribution in [0.3, 0.4) is 0 Å². The minimum atomic E-state index is -4.17. The Balaban J connectivity index is 1.77. The summed E-state index contributed by atoms with van der Waals surface area (Å²) >= 11 is 0. The normalized spacial score (nSPS) is 29.6. The number of aliphatic hydroxyl groups excluding tert-OH is 2. The molecule has 11 nitrogen and oxygen atoms in total. The van der Waals surface area contributed by atoms with Gasteiger partial charge in [0.15, 0.2) is 12.0 Å². The number of fused-ring (bicyclic) bond motifs is 1. The van der Waals surface area contributed by atoms with Gasteiger partial charge in [-0.05, 0) is 6.42 Å². The Morgan fingerprint density at radius 3 is 2.88 bits per heavy atom. The first kappa shape index (κ1) is 17.3. The van der Waals surface area contributed by atoms with Crippen molar-refractivity contribution in [1.29, 1.82) is 0 Å². The molecule has 0 amide bonds. The van der Waals surface area contributed by atoms with E-state index in [0.29, 0.717) is 18.9 Å². The third-order valence-electron chi connectivity index (χ3n) is 3.98. The van der Waals surface area contributed by atoms with Crippen LogP contribution in [0.25, 0.3) is 0 Å². The molecule has 0 bridgehead atoms. The Bertz CT molecular complexity index is 716. The molecule has 1 fully saturated rings. The molecule has 3 heterocycles. The number of ether oxygens (including phenoxy) is 1. The van der Waals surface area contributed by atoms with Crippen molar-refractivity contribution >= 4 is 21.8 Å². The number of nitrogens with one attached hydrogen (secondary N) is 1. The molecule has 5 N–H and O–H groups in total. The van der Waals surface area contributed by atoms with Crippen LogP contribution in [0.1, 0.15) is 12.6 Å². The molecular weight excluding hydrogens is 342 g/mol. The molecule has 1 saturated heterocycles. The van der Waals surface area contributed by atoms with Crippen molar-refractivity contribution in [1.82, 2.24) is 9.97 Å². The lowest BCUT2D eigenvalue weighted by Crippen LogP contribution is -2.44. The van der Waals surface area contributed by atoms with E-state index < -0.39 is 41.5 Å². The van der Waals surface area contributed by atoms with E-state index in [9.17, 15) is 18.6 Å². The van der Waals surface area contributed by atoms with Crippen LogP contribution >= 0.6 is 0 Å². The predicted octanol–water partition coefficient (Wildman–Crippen LogP) is -2.10. The fraction of sp³-hybridized carbons (Fsp3) is 0.667. The van der Waals surface area contributed by atoms with Crippen LogP contribution in [-0.2, 0) is 25.6 Å². The molecule has 0 spiro atoms. The molecule has 4 atom stereocenters. The number of aliphatic hydroxyl groups is 2.